The number of benzene rings is 1. The first kappa shape index (κ1) is 16.8. The Bertz CT molecular complexity index is 492. The van der Waals surface area contributed by atoms with Gasteiger partial charge in [-0.05, 0) is 39.2 Å². The first-order chi connectivity index (χ1) is 10.5. The Morgan fingerprint density at radius 3 is 2.45 bits per heavy atom. The third kappa shape index (κ3) is 4.47. The van der Waals surface area contributed by atoms with Crippen LogP contribution in [0.5, 0.6) is 0 Å². The van der Waals surface area contributed by atoms with Crippen molar-refractivity contribution in [1.29, 1.82) is 0 Å². The molecule has 0 aromatic heterocycles. The Labute approximate surface area is 134 Å². The van der Waals surface area contributed by atoms with Gasteiger partial charge in [-0.2, -0.15) is 0 Å². The number of ether oxygens (including phenoxy) is 1. The van der Waals surface area contributed by atoms with Crippen molar-refractivity contribution >= 4 is 5.96 Å². The number of rotatable bonds is 7. The van der Waals surface area contributed by atoms with Crippen molar-refractivity contribution in [3.63, 3.8) is 0 Å². The lowest BCUT2D eigenvalue weighted by Gasteiger charge is -2.22. The van der Waals surface area contributed by atoms with Gasteiger partial charge in [-0.15, -0.1) is 0 Å². The molecule has 0 aliphatic heterocycles. The maximum absolute atomic E-state index is 5.43. The molecule has 0 unspecified atom stereocenters. The van der Waals surface area contributed by atoms with Crippen molar-refractivity contribution in [2.75, 3.05) is 26.7 Å². The lowest BCUT2D eigenvalue weighted by Crippen LogP contribution is -2.42. The third-order valence-electron chi connectivity index (χ3n) is 4.35. The monoisotopic (exact) mass is 303 g/mol. The standard InChI is InChI=1S/C18H29N3O/c1-5-19-16(20-13-17(2,3)22-4)21-14-18(11-12-18)15-9-7-6-8-10-15/h6-10H,5,11-14H2,1-4H3,(H2,19,20,21). The van der Waals surface area contributed by atoms with Gasteiger partial charge in [-0.1, -0.05) is 30.3 Å². The van der Waals surface area contributed by atoms with E-state index < -0.39 is 0 Å². The number of nitrogens with zero attached hydrogens (tertiary/aromatic N) is 1. The second-order valence-electron chi connectivity index (χ2n) is 6.66. The van der Waals surface area contributed by atoms with Crippen LogP contribution >= 0.6 is 0 Å². The zero-order valence-corrected chi connectivity index (χ0v) is 14.3. The number of aliphatic imine (C=N–C) groups is 1. The van der Waals surface area contributed by atoms with E-state index in [1.165, 1.54) is 18.4 Å². The summed E-state index contributed by atoms with van der Waals surface area (Å²) in [4.78, 5) is 4.65. The van der Waals surface area contributed by atoms with Crippen LogP contribution in [-0.4, -0.2) is 38.3 Å². The summed E-state index contributed by atoms with van der Waals surface area (Å²) in [7, 11) is 1.73. The molecule has 122 valence electrons. The Hall–Kier alpha value is -1.55. The topological polar surface area (TPSA) is 45.7 Å². The maximum atomic E-state index is 5.43. The third-order valence-corrected chi connectivity index (χ3v) is 4.35. The van der Waals surface area contributed by atoms with Gasteiger partial charge in [0, 0.05) is 25.6 Å². The quantitative estimate of drug-likeness (QED) is 0.601. The van der Waals surface area contributed by atoms with Crippen molar-refractivity contribution in [2.24, 2.45) is 4.99 Å². The van der Waals surface area contributed by atoms with Crippen molar-refractivity contribution in [2.45, 2.75) is 44.6 Å². The highest BCUT2D eigenvalue weighted by atomic mass is 16.5. The molecular formula is C18H29N3O. The van der Waals surface area contributed by atoms with E-state index in [1.54, 1.807) is 7.11 Å². The van der Waals surface area contributed by atoms with E-state index in [9.17, 15) is 0 Å². The Morgan fingerprint density at radius 1 is 1.23 bits per heavy atom. The zero-order chi connectivity index (χ0) is 16.1. The molecule has 4 heteroatoms. The maximum Gasteiger partial charge on any atom is 0.191 e. The molecule has 4 nitrogen and oxygen atoms in total. The fraction of sp³-hybridized carbons (Fsp3) is 0.611. The number of nitrogens with one attached hydrogen (secondary N) is 2. The van der Waals surface area contributed by atoms with Gasteiger partial charge in [-0.3, -0.25) is 4.99 Å². The predicted octanol–water partition coefficient (Wildman–Crippen LogP) is 2.70. The molecule has 0 spiro atoms. The van der Waals surface area contributed by atoms with E-state index in [2.05, 4.69) is 52.9 Å². The fourth-order valence-electron chi connectivity index (χ4n) is 2.44. The van der Waals surface area contributed by atoms with E-state index >= 15 is 0 Å². The zero-order valence-electron chi connectivity index (χ0n) is 14.3. The lowest BCUT2D eigenvalue weighted by molar-refractivity contribution is 0.0310. The molecule has 1 aromatic rings. The summed E-state index contributed by atoms with van der Waals surface area (Å²) >= 11 is 0. The van der Waals surface area contributed by atoms with Gasteiger partial charge in [0.05, 0.1) is 12.1 Å². The predicted molar refractivity (Wildman–Crippen MR) is 92.4 cm³/mol. The van der Waals surface area contributed by atoms with Crippen LogP contribution in [0.2, 0.25) is 0 Å². The first-order valence-corrected chi connectivity index (χ1v) is 8.14. The van der Waals surface area contributed by atoms with E-state index in [0.29, 0.717) is 6.54 Å². The number of hydrogen-bond acceptors (Lipinski definition) is 2. The minimum absolute atomic E-state index is 0.237. The van der Waals surface area contributed by atoms with Gasteiger partial charge in [0.25, 0.3) is 0 Å². The molecule has 0 heterocycles. The summed E-state index contributed by atoms with van der Waals surface area (Å²) in [6.45, 7) is 8.60. The molecule has 2 N–H and O–H groups in total. The number of guanidine groups is 1. The molecule has 1 fully saturated rings. The van der Waals surface area contributed by atoms with Crippen molar-refractivity contribution in [3.8, 4) is 0 Å². The average molecular weight is 303 g/mol. The van der Waals surface area contributed by atoms with Crippen LogP contribution in [0.25, 0.3) is 0 Å². The summed E-state index contributed by atoms with van der Waals surface area (Å²) in [5, 5.41) is 6.82. The highest BCUT2D eigenvalue weighted by Gasteiger charge is 2.44. The summed E-state index contributed by atoms with van der Waals surface area (Å²) in [5.74, 6) is 0.870. The highest BCUT2D eigenvalue weighted by molar-refractivity contribution is 5.80. The van der Waals surface area contributed by atoms with Gasteiger partial charge < -0.3 is 15.4 Å². The molecule has 22 heavy (non-hydrogen) atoms. The van der Waals surface area contributed by atoms with Crippen LogP contribution in [-0.2, 0) is 10.2 Å². The smallest absolute Gasteiger partial charge is 0.191 e. The second kappa shape index (κ2) is 7.14. The molecule has 0 amide bonds. The molecule has 0 bridgehead atoms. The summed E-state index contributed by atoms with van der Waals surface area (Å²) in [5.41, 5.74) is 1.48. The van der Waals surface area contributed by atoms with Crippen molar-refractivity contribution in [1.82, 2.24) is 10.6 Å². The van der Waals surface area contributed by atoms with Crippen LogP contribution in [0.1, 0.15) is 39.2 Å². The molecule has 1 aliphatic carbocycles. The Balaban J connectivity index is 1.96. The second-order valence-corrected chi connectivity index (χ2v) is 6.66. The van der Waals surface area contributed by atoms with Crippen molar-refractivity contribution in [3.05, 3.63) is 35.9 Å². The Kier molecular flexibility index (Phi) is 5.46. The first-order valence-electron chi connectivity index (χ1n) is 8.14. The number of methoxy groups -OCH3 is 1. The van der Waals surface area contributed by atoms with E-state index in [4.69, 9.17) is 4.74 Å². The van der Waals surface area contributed by atoms with Crippen LogP contribution in [0.4, 0.5) is 0 Å². The van der Waals surface area contributed by atoms with Crippen LogP contribution in [0.3, 0.4) is 0 Å². The Morgan fingerprint density at radius 2 is 1.91 bits per heavy atom. The largest absolute Gasteiger partial charge is 0.377 e. The van der Waals surface area contributed by atoms with E-state index in [-0.39, 0.29) is 11.0 Å². The van der Waals surface area contributed by atoms with Crippen LogP contribution < -0.4 is 10.6 Å². The summed E-state index contributed by atoms with van der Waals surface area (Å²) < 4.78 is 5.43. The molecular weight excluding hydrogens is 274 g/mol. The molecule has 0 radical (unpaired) electrons. The molecule has 0 atom stereocenters. The normalized spacial score (nSPS) is 17.2. The summed E-state index contributed by atoms with van der Waals surface area (Å²) in [6, 6.07) is 10.8. The minimum atomic E-state index is -0.237. The summed E-state index contributed by atoms with van der Waals surface area (Å²) in [6.07, 6.45) is 2.49. The fourth-order valence-corrected chi connectivity index (χ4v) is 2.44. The van der Waals surface area contributed by atoms with Gasteiger partial charge in [0.2, 0.25) is 0 Å². The number of hydrogen-bond donors (Lipinski definition) is 2. The average Bonchev–Trinajstić information content (AvgIpc) is 3.32. The van der Waals surface area contributed by atoms with Gasteiger partial charge in [0.1, 0.15) is 0 Å². The minimum Gasteiger partial charge on any atom is -0.377 e. The molecule has 2 rings (SSSR count). The van der Waals surface area contributed by atoms with E-state index in [0.717, 1.165) is 19.0 Å². The van der Waals surface area contributed by atoms with Gasteiger partial charge in [-0.25, -0.2) is 0 Å². The van der Waals surface area contributed by atoms with Gasteiger partial charge in [0.15, 0.2) is 5.96 Å². The highest BCUT2D eigenvalue weighted by Crippen LogP contribution is 2.47. The SMILES string of the molecule is CCNC(=NCC(C)(C)OC)NCC1(c2ccccc2)CC1. The van der Waals surface area contributed by atoms with Crippen LogP contribution in [0, 0.1) is 0 Å². The van der Waals surface area contributed by atoms with Crippen molar-refractivity contribution < 1.29 is 4.74 Å². The molecule has 0 saturated heterocycles. The van der Waals surface area contributed by atoms with E-state index in [1.807, 2.05) is 13.8 Å². The molecule has 1 aromatic carbocycles. The lowest BCUT2D eigenvalue weighted by atomic mass is 9.96. The van der Waals surface area contributed by atoms with Crippen LogP contribution in [0.15, 0.2) is 35.3 Å². The molecule has 1 saturated carbocycles. The van der Waals surface area contributed by atoms with Gasteiger partial charge >= 0.3 is 0 Å². The molecule has 1 aliphatic rings.